The van der Waals surface area contributed by atoms with E-state index in [-0.39, 0.29) is 5.91 Å². The molecule has 1 aromatic rings. The van der Waals surface area contributed by atoms with Crippen molar-refractivity contribution in [2.45, 2.75) is 25.4 Å². The predicted octanol–water partition coefficient (Wildman–Crippen LogP) is 2.56. The van der Waals surface area contributed by atoms with Crippen molar-refractivity contribution in [3.63, 3.8) is 0 Å². The number of hydrogen-bond acceptors (Lipinski definition) is 3. The molecular formula is C14H15BrN2O2. The van der Waals surface area contributed by atoms with Gasteiger partial charge in [-0.3, -0.25) is 4.79 Å². The summed E-state index contributed by atoms with van der Waals surface area (Å²) in [5.74, 6) is 0.0752. The summed E-state index contributed by atoms with van der Waals surface area (Å²) in [7, 11) is 0. The molecule has 4 nitrogen and oxygen atoms in total. The van der Waals surface area contributed by atoms with Gasteiger partial charge in [0, 0.05) is 29.5 Å². The zero-order valence-electron chi connectivity index (χ0n) is 10.5. The van der Waals surface area contributed by atoms with Crippen molar-refractivity contribution in [2.75, 3.05) is 13.1 Å². The molecule has 0 bridgehead atoms. The molecule has 1 amide bonds. The van der Waals surface area contributed by atoms with Gasteiger partial charge in [-0.05, 0) is 25.0 Å². The number of hydrogen-bond donors (Lipinski definition) is 0. The van der Waals surface area contributed by atoms with E-state index >= 15 is 0 Å². The third kappa shape index (κ3) is 2.66. The minimum atomic E-state index is -0.438. The van der Waals surface area contributed by atoms with Gasteiger partial charge in [-0.25, -0.2) is 0 Å². The standard InChI is InChI=1S/C14H15BrN2O2/c15-11-5-3-4-10(8-11)12-9-13(19-16-12)14(18)17-6-1-2-7-17/h3-5,8,13H,1-2,6-7,9H2/t13-/m0/s1. The summed E-state index contributed by atoms with van der Waals surface area (Å²) in [6.07, 6.45) is 2.31. The van der Waals surface area contributed by atoms with Gasteiger partial charge in [-0.1, -0.05) is 33.2 Å². The molecule has 19 heavy (non-hydrogen) atoms. The summed E-state index contributed by atoms with van der Waals surface area (Å²) in [5, 5.41) is 4.07. The van der Waals surface area contributed by atoms with Crippen LogP contribution in [-0.2, 0) is 9.63 Å². The van der Waals surface area contributed by atoms with Crippen molar-refractivity contribution < 1.29 is 9.63 Å². The molecule has 1 aromatic carbocycles. The van der Waals surface area contributed by atoms with Gasteiger partial charge in [0.25, 0.3) is 5.91 Å². The number of rotatable bonds is 2. The van der Waals surface area contributed by atoms with Crippen molar-refractivity contribution in [3.8, 4) is 0 Å². The smallest absolute Gasteiger partial charge is 0.266 e. The fraction of sp³-hybridized carbons (Fsp3) is 0.429. The third-order valence-corrected chi connectivity index (χ3v) is 4.01. The zero-order chi connectivity index (χ0) is 13.2. The summed E-state index contributed by atoms with van der Waals surface area (Å²) in [6.45, 7) is 1.70. The normalized spacial score (nSPS) is 22.3. The van der Waals surface area contributed by atoms with Crippen LogP contribution in [-0.4, -0.2) is 35.7 Å². The second kappa shape index (κ2) is 5.33. The molecule has 2 aliphatic heterocycles. The summed E-state index contributed by atoms with van der Waals surface area (Å²) in [4.78, 5) is 19.4. The van der Waals surface area contributed by atoms with Crippen LogP contribution < -0.4 is 0 Å². The number of likely N-dealkylation sites (tertiary alicyclic amines) is 1. The van der Waals surface area contributed by atoms with E-state index in [1.807, 2.05) is 29.2 Å². The number of oxime groups is 1. The van der Waals surface area contributed by atoms with Gasteiger partial charge >= 0.3 is 0 Å². The Morgan fingerprint density at radius 3 is 2.89 bits per heavy atom. The first-order chi connectivity index (χ1) is 9.24. The molecule has 0 spiro atoms. The number of carbonyl (C=O) groups excluding carboxylic acids is 1. The monoisotopic (exact) mass is 322 g/mol. The summed E-state index contributed by atoms with van der Waals surface area (Å²) < 4.78 is 1.00. The first-order valence-corrected chi connectivity index (χ1v) is 7.31. The summed E-state index contributed by atoms with van der Waals surface area (Å²) >= 11 is 3.44. The molecule has 0 aromatic heterocycles. The minimum absolute atomic E-state index is 0.0752. The molecule has 1 saturated heterocycles. The maximum absolute atomic E-state index is 12.2. The quantitative estimate of drug-likeness (QED) is 0.839. The lowest BCUT2D eigenvalue weighted by molar-refractivity contribution is -0.140. The van der Waals surface area contributed by atoms with E-state index in [2.05, 4.69) is 21.1 Å². The van der Waals surface area contributed by atoms with Crippen LogP contribution in [0.3, 0.4) is 0 Å². The second-order valence-corrected chi connectivity index (χ2v) is 5.79. The van der Waals surface area contributed by atoms with E-state index < -0.39 is 6.10 Å². The van der Waals surface area contributed by atoms with Crippen LogP contribution in [0, 0.1) is 0 Å². The van der Waals surface area contributed by atoms with Gasteiger partial charge in [0.15, 0.2) is 0 Å². The van der Waals surface area contributed by atoms with Crippen LogP contribution in [0.15, 0.2) is 33.9 Å². The second-order valence-electron chi connectivity index (χ2n) is 4.88. The van der Waals surface area contributed by atoms with E-state index in [4.69, 9.17) is 4.84 Å². The minimum Gasteiger partial charge on any atom is -0.382 e. The zero-order valence-corrected chi connectivity index (χ0v) is 12.1. The summed E-state index contributed by atoms with van der Waals surface area (Å²) in [5.41, 5.74) is 1.85. The van der Waals surface area contributed by atoms with E-state index in [0.29, 0.717) is 6.42 Å². The Kier molecular flexibility index (Phi) is 3.55. The fourth-order valence-corrected chi connectivity index (χ4v) is 2.89. The van der Waals surface area contributed by atoms with E-state index in [1.54, 1.807) is 0 Å². The maximum atomic E-state index is 12.2. The maximum Gasteiger partial charge on any atom is 0.266 e. The van der Waals surface area contributed by atoms with Crippen molar-refractivity contribution in [1.29, 1.82) is 0 Å². The molecule has 0 saturated carbocycles. The molecule has 3 rings (SSSR count). The van der Waals surface area contributed by atoms with Gasteiger partial charge in [0.2, 0.25) is 6.10 Å². The largest absolute Gasteiger partial charge is 0.382 e. The van der Waals surface area contributed by atoms with Crippen molar-refractivity contribution >= 4 is 27.5 Å². The topological polar surface area (TPSA) is 41.9 Å². The van der Waals surface area contributed by atoms with Crippen LogP contribution >= 0.6 is 15.9 Å². The molecule has 0 aliphatic carbocycles. The van der Waals surface area contributed by atoms with Crippen LogP contribution in [0.5, 0.6) is 0 Å². The third-order valence-electron chi connectivity index (χ3n) is 3.52. The van der Waals surface area contributed by atoms with Gasteiger partial charge in [0.05, 0.1) is 5.71 Å². The number of amides is 1. The molecule has 100 valence electrons. The molecule has 2 aliphatic rings. The number of halogens is 1. The Morgan fingerprint density at radius 2 is 2.16 bits per heavy atom. The molecule has 0 unspecified atom stereocenters. The Bertz CT molecular complexity index is 524. The Hall–Kier alpha value is -1.36. The first-order valence-electron chi connectivity index (χ1n) is 6.51. The highest BCUT2D eigenvalue weighted by Crippen LogP contribution is 2.22. The molecule has 1 fully saturated rings. The van der Waals surface area contributed by atoms with Gasteiger partial charge in [-0.15, -0.1) is 0 Å². The predicted molar refractivity (Wildman–Crippen MR) is 76.0 cm³/mol. The van der Waals surface area contributed by atoms with Gasteiger partial charge < -0.3 is 9.74 Å². The highest BCUT2D eigenvalue weighted by molar-refractivity contribution is 9.10. The van der Waals surface area contributed by atoms with Crippen LogP contribution in [0.2, 0.25) is 0 Å². The van der Waals surface area contributed by atoms with E-state index in [0.717, 1.165) is 41.7 Å². The fourth-order valence-electron chi connectivity index (χ4n) is 2.49. The lowest BCUT2D eigenvalue weighted by atomic mass is 10.0. The average Bonchev–Trinajstić information content (AvgIpc) is 3.10. The lowest BCUT2D eigenvalue weighted by Gasteiger charge is -2.18. The van der Waals surface area contributed by atoms with Crippen molar-refractivity contribution in [2.24, 2.45) is 5.16 Å². The highest BCUT2D eigenvalue weighted by atomic mass is 79.9. The van der Waals surface area contributed by atoms with Crippen molar-refractivity contribution in [1.82, 2.24) is 4.90 Å². The SMILES string of the molecule is O=C([C@@H]1CC(c2cccc(Br)c2)=NO1)N1CCCC1. The Labute approximate surface area is 120 Å². The molecule has 1 atom stereocenters. The number of nitrogens with zero attached hydrogens (tertiary/aromatic N) is 2. The molecule has 2 heterocycles. The van der Waals surface area contributed by atoms with Gasteiger partial charge in [0.1, 0.15) is 0 Å². The molecule has 0 radical (unpaired) electrons. The Balaban J connectivity index is 1.67. The lowest BCUT2D eigenvalue weighted by Crippen LogP contribution is -2.37. The van der Waals surface area contributed by atoms with Crippen LogP contribution in [0.1, 0.15) is 24.8 Å². The number of carbonyl (C=O) groups is 1. The number of benzene rings is 1. The molecule has 0 N–H and O–H groups in total. The molecular weight excluding hydrogens is 308 g/mol. The van der Waals surface area contributed by atoms with E-state index in [9.17, 15) is 4.79 Å². The molecule has 5 heteroatoms. The van der Waals surface area contributed by atoms with Gasteiger partial charge in [-0.2, -0.15) is 0 Å². The highest BCUT2D eigenvalue weighted by Gasteiger charge is 2.33. The Morgan fingerprint density at radius 1 is 1.37 bits per heavy atom. The van der Waals surface area contributed by atoms with Crippen LogP contribution in [0.4, 0.5) is 0 Å². The first kappa shape index (κ1) is 12.7. The van der Waals surface area contributed by atoms with Crippen LogP contribution in [0.25, 0.3) is 0 Å². The average molecular weight is 323 g/mol. The van der Waals surface area contributed by atoms with Crippen molar-refractivity contribution in [3.05, 3.63) is 34.3 Å². The van der Waals surface area contributed by atoms with E-state index in [1.165, 1.54) is 0 Å². The summed E-state index contributed by atoms with van der Waals surface area (Å²) in [6, 6.07) is 7.89.